The molecule has 1 amide bonds. The Kier molecular flexibility index (Phi) is 3.89. The van der Waals surface area contributed by atoms with Crippen LogP contribution in [0.1, 0.15) is 26.3 Å². The van der Waals surface area contributed by atoms with Gasteiger partial charge in [-0.15, -0.1) is 0 Å². The summed E-state index contributed by atoms with van der Waals surface area (Å²) < 4.78 is 11.0. The summed E-state index contributed by atoms with van der Waals surface area (Å²) >= 11 is 0. The van der Waals surface area contributed by atoms with Gasteiger partial charge in [0.15, 0.2) is 0 Å². The molecule has 0 unspecified atom stereocenters. The first kappa shape index (κ1) is 15.0. The van der Waals surface area contributed by atoms with Crippen LogP contribution in [0.5, 0.6) is 5.75 Å². The maximum Gasteiger partial charge on any atom is 0.410 e. The summed E-state index contributed by atoms with van der Waals surface area (Å²) in [4.78, 5) is 16.2. The van der Waals surface area contributed by atoms with Crippen LogP contribution in [0.3, 0.4) is 0 Å². The van der Waals surface area contributed by atoms with Gasteiger partial charge in [0.25, 0.3) is 0 Å². The molecule has 1 aromatic rings. The van der Waals surface area contributed by atoms with Crippen LogP contribution in [-0.2, 0) is 11.2 Å². The maximum absolute atomic E-state index is 12.1. The molecule has 0 saturated carbocycles. The maximum atomic E-state index is 12.1. The van der Waals surface area contributed by atoms with Gasteiger partial charge in [-0.3, -0.25) is 0 Å². The molecule has 0 N–H and O–H groups in total. The highest BCUT2D eigenvalue weighted by Gasteiger charge is 2.26. The lowest BCUT2D eigenvalue weighted by Crippen LogP contribution is -2.50. The molecule has 0 aromatic heterocycles. The Bertz CT molecular complexity index is 558. The number of hydrogen-bond donors (Lipinski definition) is 0. The van der Waals surface area contributed by atoms with E-state index in [1.165, 1.54) is 11.3 Å². The third kappa shape index (κ3) is 3.29. The van der Waals surface area contributed by atoms with Crippen molar-refractivity contribution < 1.29 is 14.3 Å². The summed E-state index contributed by atoms with van der Waals surface area (Å²) in [6.07, 6.45) is 0.774. The number of ether oxygens (including phenoxy) is 2. The van der Waals surface area contributed by atoms with E-state index in [0.29, 0.717) is 13.1 Å². The molecule has 0 spiro atoms. The van der Waals surface area contributed by atoms with Gasteiger partial charge < -0.3 is 19.3 Å². The molecule has 22 heavy (non-hydrogen) atoms. The van der Waals surface area contributed by atoms with Gasteiger partial charge in [-0.25, -0.2) is 4.79 Å². The van der Waals surface area contributed by atoms with Gasteiger partial charge in [-0.05, 0) is 44.5 Å². The molecule has 2 aliphatic rings. The van der Waals surface area contributed by atoms with E-state index in [2.05, 4.69) is 23.1 Å². The van der Waals surface area contributed by atoms with Crippen molar-refractivity contribution in [2.75, 3.05) is 37.7 Å². The van der Waals surface area contributed by atoms with Gasteiger partial charge in [-0.1, -0.05) is 0 Å². The van der Waals surface area contributed by atoms with Gasteiger partial charge in [0.1, 0.15) is 11.4 Å². The molecule has 0 bridgehead atoms. The van der Waals surface area contributed by atoms with E-state index < -0.39 is 5.60 Å². The summed E-state index contributed by atoms with van der Waals surface area (Å²) in [6.45, 7) is 9.53. The van der Waals surface area contributed by atoms with Crippen LogP contribution in [0.25, 0.3) is 0 Å². The van der Waals surface area contributed by atoms with E-state index in [4.69, 9.17) is 9.47 Å². The fourth-order valence-electron chi connectivity index (χ4n) is 2.84. The molecule has 120 valence electrons. The lowest BCUT2D eigenvalue weighted by Gasteiger charge is -2.36. The number of carbonyl (C=O) groups excluding carboxylic acids is 1. The normalized spacial score (nSPS) is 18.0. The second-order valence-corrected chi connectivity index (χ2v) is 6.84. The summed E-state index contributed by atoms with van der Waals surface area (Å²) in [5, 5.41) is 0. The smallest absolute Gasteiger partial charge is 0.410 e. The van der Waals surface area contributed by atoms with Crippen LogP contribution < -0.4 is 9.64 Å². The topological polar surface area (TPSA) is 42.0 Å². The third-order valence-corrected chi connectivity index (χ3v) is 3.97. The van der Waals surface area contributed by atoms with Crippen molar-refractivity contribution in [2.45, 2.75) is 32.8 Å². The summed E-state index contributed by atoms with van der Waals surface area (Å²) in [5.41, 5.74) is 2.06. The second kappa shape index (κ2) is 5.71. The van der Waals surface area contributed by atoms with Crippen molar-refractivity contribution in [3.05, 3.63) is 23.8 Å². The first-order chi connectivity index (χ1) is 10.4. The van der Waals surface area contributed by atoms with Gasteiger partial charge in [0.2, 0.25) is 0 Å². The highest BCUT2D eigenvalue weighted by molar-refractivity contribution is 5.68. The Morgan fingerprint density at radius 2 is 1.91 bits per heavy atom. The average molecular weight is 304 g/mol. The predicted octanol–water partition coefficient (Wildman–Crippen LogP) is 2.68. The Hall–Kier alpha value is -1.91. The predicted molar refractivity (Wildman–Crippen MR) is 85.7 cm³/mol. The Morgan fingerprint density at radius 1 is 1.18 bits per heavy atom. The molecule has 0 atom stereocenters. The number of benzene rings is 1. The summed E-state index contributed by atoms with van der Waals surface area (Å²) in [7, 11) is 0. The number of rotatable bonds is 1. The minimum Gasteiger partial charge on any atom is -0.493 e. The molecule has 1 saturated heterocycles. The molecule has 5 nitrogen and oxygen atoms in total. The molecule has 1 aromatic carbocycles. The number of nitrogens with zero attached hydrogens (tertiary/aromatic N) is 2. The number of piperazine rings is 1. The van der Waals surface area contributed by atoms with E-state index in [9.17, 15) is 4.79 Å². The van der Waals surface area contributed by atoms with Crippen LogP contribution in [-0.4, -0.2) is 49.4 Å². The highest BCUT2D eigenvalue weighted by atomic mass is 16.6. The van der Waals surface area contributed by atoms with Gasteiger partial charge in [0, 0.05) is 38.3 Å². The Labute approximate surface area is 131 Å². The second-order valence-electron chi connectivity index (χ2n) is 6.84. The van der Waals surface area contributed by atoms with E-state index in [-0.39, 0.29) is 6.09 Å². The van der Waals surface area contributed by atoms with E-state index in [1.54, 1.807) is 4.90 Å². The molecule has 2 heterocycles. The minimum absolute atomic E-state index is 0.213. The van der Waals surface area contributed by atoms with Crippen LogP contribution in [0, 0.1) is 0 Å². The third-order valence-electron chi connectivity index (χ3n) is 3.97. The lowest BCUT2D eigenvalue weighted by molar-refractivity contribution is 0.0240. The van der Waals surface area contributed by atoms with Crippen LogP contribution in [0.15, 0.2) is 18.2 Å². The molecule has 0 radical (unpaired) electrons. The number of anilines is 1. The van der Waals surface area contributed by atoms with Crippen LogP contribution in [0.2, 0.25) is 0 Å². The number of hydrogen-bond acceptors (Lipinski definition) is 4. The van der Waals surface area contributed by atoms with E-state index in [1.807, 2.05) is 20.8 Å². The van der Waals surface area contributed by atoms with Crippen molar-refractivity contribution in [3.63, 3.8) is 0 Å². The molecule has 0 aliphatic carbocycles. The molecule has 3 rings (SSSR count). The summed E-state index contributed by atoms with van der Waals surface area (Å²) in [5.74, 6) is 1.01. The standard InChI is InChI=1S/C17H24N2O3/c1-17(2,3)22-16(20)19-9-7-18(8-10-19)14-4-5-15-13(12-14)6-11-21-15/h4-5,12H,6-11H2,1-3H3. The van der Waals surface area contributed by atoms with Crippen molar-refractivity contribution in [2.24, 2.45) is 0 Å². The van der Waals surface area contributed by atoms with E-state index >= 15 is 0 Å². The fourth-order valence-corrected chi connectivity index (χ4v) is 2.84. The number of amides is 1. The zero-order chi connectivity index (χ0) is 15.7. The van der Waals surface area contributed by atoms with Crippen molar-refractivity contribution in [1.29, 1.82) is 0 Å². The number of carbonyl (C=O) groups is 1. The van der Waals surface area contributed by atoms with Gasteiger partial charge >= 0.3 is 6.09 Å². The van der Waals surface area contributed by atoms with Crippen LogP contribution in [0.4, 0.5) is 10.5 Å². The molecular weight excluding hydrogens is 280 g/mol. The van der Waals surface area contributed by atoms with Crippen molar-refractivity contribution >= 4 is 11.8 Å². The fraction of sp³-hybridized carbons (Fsp3) is 0.588. The van der Waals surface area contributed by atoms with Crippen LogP contribution >= 0.6 is 0 Å². The average Bonchev–Trinajstić information content (AvgIpc) is 2.93. The highest BCUT2D eigenvalue weighted by Crippen LogP contribution is 2.30. The van der Waals surface area contributed by atoms with Crippen molar-refractivity contribution in [1.82, 2.24) is 4.90 Å². The molecular formula is C17H24N2O3. The quantitative estimate of drug-likeness (QED) is 0.800. The van der Waals surface area contributed by atoms with Gasteiger partial charge in [-0.2, -0.15) is 0 Å². The minimum atomic E-state index is -0.436. The molecule has 2 aliphatic heterocycles. The lowest BCUT2D eigenvalue weighted by atomic mass is 10.1. The zero-order valence-corrected chi connectivity index (χ0v) is 13.6. The largest absolute Gasteiger partial charge is 0.493 e. The van der Waals surface area contributed by atoms with Crippen molar-refractivity contribution in [3.8, 4) is 5.75 Å². The zero-order valence-electron chi connectivity index (χ0n) is 13.6. The monoisotopic (exact) mass is 304 g/mol. The molecule has 5 heteroatoms. The first-order valence-electron chi connectivity index (χ1n) is 7.91. The summed E-state index contributed by atoms with van der Waals surface area (Å²) in [6, 6.07) is 6.37. The first-order valence-corrected chi connectivity index (χ1v) is 7.91. The van der Waals surface area contributed by atoms with E-state index in [0.717, 1.165) is 31.9 Å². The Balaban J connectivity index is 1.59. The van der Waals surface area contributed by atoms with Gasteiger partial charge in [0.05, 0.1) is 6.61 Å². The molecule has 1 fully saturated rings. The Morgan fingerprint density at radius 3 is 2.59 bits per heavy atom. The number of fused-ring (bicyclic) bond motifs is 1. The SMILES string of the molecule is CC(C)(C)OC(=O)N1CCN(c2ccc3c(c2)CCO3)CC1.